The summed E-state index contributed by atoms with van der Waals surface area (Å²) in [4.78, 5) is 15.4. The van der Waals surface area contributed by atoms with Gasteiger partial charge in [-0.3, -0.25) is 9.78 Å². The Morgan fingerprint density at radius 1 is 0.978 bits per heavy atom. The average molecular weight is 841 g/mol. The van der Waals surface area contributed by atoms with Crippen molar-refractivity contribution in [3.05, 3.63) is 89.8 Å². The maximum Gasteiger partial charge on any atom is 0.695 e. The van der Waals surface area contributed by atoms with E-state index in [4.69, 9.17) is 4.98 Å². The largest absolute Gasteiger partial charge is 0.695 e. The predicted octanol–water partition coefficient (Wildman–Crippen LogP) is 11.4. The molecule has 0 atom stereocenters. The average Bonchev–Trinajstić information content (AvgIpc) is 3.36. The van der Waals surface area contributed by atoms with E-state index < -0.39 is 20.2 Å². The van der Waals surface area contributed by atoms with Crippen molar-refractivity contribution in [1.82, 2.24) is 4.98 Å². The number of carbonyl (C=O) groups excluding carboxylic acids is 1. The molecule has 46 heavy (non-hydrogen) atoms. The molecule has 0 saturated carbocycles. The van der Waals surface area contributed by atoms with Gasteiger partial charge >= 0.3 is 9.08 Å². The van der Waals surface area contributed by atoms with Crippen LogP contribution in [0.1, 0.15) is 72.4 Å². The van der Waals surface area contributed by atoms with Gasteiger partial charge in [-0.15, -0.1) is 40.5 Å². The number of hydrogen-bond donors (Lipinski definition) is 1. The van der Waals surface area contributed by atoms with Gasteiger partial charge in [-0.05, 0) is 47.6 Å². The van der Waals surface area contributed by atoms with Gasteiger partial charge in [0, 0.05) is 58.8 Å². The Morgan fingerprint density at radius 2 is 1.61 bits per heavy atom. The number of thiophene rings is 1. The van der Waals surface area contributed by atoms with Gasteiger partial charge in [-0.2, -0.15) is 0 Å². The van der Waals surface area contributed by atoms with Crippen LogP contribution in [0.3, 0.4) is 0 Å². The first-order chi connectivity index (χ1) is 21.1. The summed E-state index contributed by atoms with van der Waals surface area (Å²) in [6.45, 7) is 14.9. The van der Waals surface area contributed by atoms with E-state index in [2.05, 4.69) is 95.3 Å². The Kier molecular flexibility index (Phi) is 12.6. The molecule has 0 aliphatic heterocycles. The smallest absolute Gasteiger partial charge is 0.512 e. The molecule has 0 saturated heterocycles. The van der Waals surface area contributed by atoms with Crippen molar-refractivity contribution in [1.29, 1.82) is 0 Å². The number of fused-ring (bicyclic) bond motifs is 4. The number of hydrogen-bond acceptors (Lipinski definition) is 4. The molecule has 2 heterocycles. The van der Waals surface area contributed by atoms with Crippen LogP contribution in [-0.2, 0) is 36.7 Å². The zero-order valence-corrected chi connectivity index (χ0v) is 31.5. The zero-order valence-electron chi connectivity index (χ0n) is 27.3. The van der Waals surface area contributed by atoms with E-state index in [1.165, 1.54) is 36.7 Å². The number of benzene rings is 3. The molecular formula is C37H41F3IrNO2SSi-. The van der Waals surface area contributed by atoms with Gasteiger partial charge in [0.15, 0.2) is 0 Å². The third-order valence-electron chi connectivity index (χ3n) is 7.92. The summed E-state index contributed by atoms with van der Waals surface area (Å²) in [6.07, 6.45) is 4.42. The Balaban J connectivity index is 0.000000329. The molecule has 0 unspecified atom stereocenters. The van der Waals surface area contributed by atoms with Crippen LogP contribution in [0.5, 0.6) is 0 Å². The minimum atomic E-state index is -6.27. The molecular weight excluding hydrogens is 800 g/mol. The van der Waals surface area contributed by atoms with Crippen molar-refractivity contribution < 1.29 is 42.3 Å². The second kappa shape index (κ2) is 15.4. The second-order valence-corrected chi connectivity index (χ2v) is 15.4. The van der Waals surface area contributed by atoms with Gasteiger partial charge in [0.05, 0.1) is 5.76 Å². The van der Waals surface area contributed by atoms with E-state index in [0.717, 1.165) is 23.1 Å². The summed E-state index contributed by atoms with van der Waals surface area (Å²) >= 11 is 1.89. The fourth-order valence-corrected chi connectivity index (χ4v) is 7.23. The van der Waals surface area contributed by atoms with Crippen molar-refractivity contribution in [2.24, 2.45) is 11.8 Å². The van der Waals surface area contributed by atoms with Crippen molar-refractivity contribution >= 4 is 56.8 Å². The molecule has 0 aliphatic carbocycles. The van der Waals surface area contributed by atoms with Gasteiger partial charge in [0.1, 0.15) is 0 Å². The number of rotatable bonds is 8. The van der Waals surface area contributed by atoms with Gasteiger partial charge in [-0.1, -0.05) is 95.8 Å². The van der Waals surface area contributed by atoms with Gasteiger partial charge in [0.25, 0.3) is 0 Å². The number of aliphatic hydroxyl groups excluding tert-OH is 1. The van der Waals surface area contributed by atoms with Crippen molar-refractivity contribution in [3.63, 3.8) is 0 Å². The molecule has 1 N–H and O–H groups in total. The van der Waals surface area contributed by atoms with E-state index in [-0.39, 0.29) is 31.4 Å². The van der Waals surface area contributed by atoms with Gasteiger partial charge in [-0.25, -0.2) is 12.3 Å². The summed E-state index contributed by atoms with van der Waals surface area (Å²) in [5, 5.41) is 12.4. The molecule has 0 spiro atoms. The molecule has 5 rings (SSSR count). The molecule has 0 amide bonds. The van der Waals surface area contributed by atoms with E-state index in [9.17, 15) is 22.2 Å². The van der Waals surface area contributed by atoms with E-state index in [0.29, 0.717) is 24.8 Å². The molecule has 5 aromatic rings. The first kappa shape index (κ1) is 37.6. The van der Waals surface area contributed by atoms with Gasteiger partial charge < -0.3 is 5.11 Å². The third kappa shape index (κ3) is 8.54. The van der Waals surface area contributed by atoms with Crippen LogP contribution < -0.4 is 0 Å². The molecule has 0 fully saturated rings. The molecule has 2 aromatic heterocycles. The molecule has 0 bridgehead atoms. The fourth-order valence-electron chi connectivity index (χ4n) is 5.59. The van der Waals surface area contributed by atoms with E-state index in [1.54, 1.807) is 13.8 Å². The van der Waals surface area contributed by atoms with Crippen LogP contribution in [0.15, 0.2) is 72.6 Å². The van der Waals surface area contributed by atoms with Crippen LogP contribution in [0.2, 0.25) is 0 Å². The summed E-state index contributed by atoms with van der Waals surface area (Å²) in [5.41, 5.74) is 4.97. The summed E-state index contributed by atoms with van der Waals surface area (Å²) < 4.78 is 38.4. The number of halogens is 3. The van der Waals surface area contributed by atoms with Crippen LogP contribution >= 0.6 is 11.3 Å². The SMILES string of the molecule is CC(C)Cc1cccc2c1sc1c(-c3[c-]c4ccccc4c(C(C)(C)C)c3)nccc12.CCC(CC)/C(O)=C/C(=O)[Si](F)(F)F.[Ir]. The Bertz CT molecular complexity index is 1850. The third-order valence-corrected chi connectivity index (χ3v) is 9.93. The molecule has 1 radical (unpaired) electrons. The molecule has 247 valence electrons. The number of nitrogens with zero attached hydrogens (tertiary/aromatic N) is 1. The number of pyridine rings is 1. The molecule has 9 heteroatoms. The van der Waals surface area contributed by atoms with Crippen LogP contribution in [-0.4, -0.2) is 24.6 Å². The minimum Gasteiger partial charge on any atom is -0.512 e. The van der Waals surface area contributed by atoms with Crippen molar-refractivity contribution in [3.8, 4) is 11.3 Å². The maximum atomic E-state index is 11.9. The van der Waals surface area contributed by atoms with Crippen LogP contribution in [0.4, 0.5) is 12.3 Å². The predicted molar refractivity (Wildman–Crippen MR) is 185 cm³/mol. The number of carbonyl (C=O) groups is 1. The van der Waals surface area contributed by atoms with Crippen molar-refractivity contribution in [2.45, 2.75) is 73.1 Å². The molecule has 0 aliphatic rings. The summed E-state index contributed by atoms with van der Waals surface area (Å²) in [5.74, 6) is -0.170. The van der Waals surface area contributed by atoms with E-state index in [1.807, 2.05) is 17.5 Å². The minimum absolute atomic E-state index is 0. The first-order valence-electron chi connectivity index (χ1n) is 15.4. The summed E-state index contributed by atoms with van der Waals surface area (Å²) in [6, 6.07) is 23.5. The molecule has 3 nitrogen and oxygen atoms in total. The van der Waals surface area contributed by atoms with Gasteiger partial charge in [0.2, 0.25) is 5.41 Å². The monoisotopic (exact) mass is 841 g/mol. The summed E-state index contributed by atoms with van der Waals surface area (Å²) in [7, 11) is -6.27. The maximum absolute atomic E-state index is 11.9. The Hall–Kier alpha value is -2.84. The zero-order chi connectivity index (χ0) is 33.1. The van der Waals surface area contributed by atoms with E-state index >= 15 is 0 Å². The fraction of sp³-hybridized carbons (Fsp3) is 0.351. The number of aliphatic hydroxyl groups is 1. The van der Waals surface area contributed by atoms with Crippen molar-refractivity contribution in [2.75, 3.05) is 0 Å². The Labute approximate surface area is 288 Å². The van der Waals surface area contributed by atoms with Crippen LogP contribution in [0.25, 0.3) is 42.2 Å². The quantitative estimate of drug-likeness (QED) is 0.0557. The number of allylic oxidation sites excluding steroid dienone is 2. The normalized spacial score (nSPS) is 12.5. The second-order valence-electron chi connectivity index (χ2n) is 12.9. The van der Waals surface area contributed by atoms with Crippen LogP contribution in [0, 0.1) is 17.9 Å². The Morgan fingerprint density at radius 3 is 2.22 bits per heavy atom. The molecule has 3 aromatic carbocycles. The standard InChI is InChI=1S/C29H28NS.C8H13F3O2Si.Ir/c1-18(2)15-20-10-8-12-23-24-13-14-30-26(28(24)31-27(20)23)21-16-19-9-6-7-11-22(19)25(17-21)29(3,4)5;1-3-6(4-2)7(12)5-8(13)14(9,10)11;/h6-14,17-18H,15H2,1-5H3;5-6,12H,3-4H2,1-2H3;/q-1;;/b;7-5-;. The topological polar surface area (TPSA) is 50.2 Å². The number of aromatic nitrogens is 1. The first-order valence-corrected chi connectivity index (χ1v) is 17.9.